The number of hydrogen-bond acceptors (Lipinski definition) is 5. The molecule has 7 heteroatoms. The lowest BCUT2D eigenvalue weighted by Crippen LogP contribution is -2.51. The number of aliphatic hydroxyl groups is 1. The molecule has 0 unspecified atom stereocenters. The molecule has 1 aliphatic heterocycles. The molecule has 0 aromatic heterocycles. The van der Waals surface area contributed by atoms with E-state index in [0.717, 1.165) is 10.5 Å². The number of nitrogens with one attached hydrogen (secondary N) is 1. The van der Waals surface area contributed by atoms with E-state index in [1.165, 1.54) is 12.1 Å². The van der Waals surface area contributed by atoms with Gasteiger partial charge >= 0.3 is 0 Å². The molecule has 0 bridgehead atoms. The monoisotopic (exact) mass is 354 g/mol. The van der Waals surface area contributed by atoms with Crippen molar-refractivity contribution in [3.8, 4) is 5.75 Å². The molecule has 0 fully saturated rings. The van der Waals surface area contributed by atoms with Gasteiger partial charge in [0.05, 0.1) is 24.8 Å². The Kier molecular flexibility index (Phi) is 4.99. The van der Waals surface area contributed by atoms with Crippen LogP contribution in [0.25, 0.3) is 0 Å². The van der Waals surface area contributed by atoms with Crippen LogP contribution >= 0.6 is 0 Å². The molecule has 1 heterocycles. The van der Waals surface area contributed by atoms with Crippen LogP contribution in [0.4, 0.5) is 0 Å². The Bertz CT molecular complexity index is 812. The first-order valence-corrected chi connectivity index (χ1v) is 8.05. The largest absolute Gasteiger partial charge is 0.497 e. The number of rotatable bonds is 6. The van der Waals surface area contributed by atoms with Crippen LogP contribution in [0.2, 0.25) is 0 Å². The van der Waals surface area contributed by atoms with Crippen molar-refractivity contribution in [1.82, 2.24) is 10.2 Å². The van der Waals surface area contributed by atoms with Crippen molar-refractivity contribution in [3.05, 3.63) is 65.2 Å². The van der Waals surface area contributed by atoms with E-state index in [1.807, 2.05) is 0 Å². The number of hydrogen-bond donors (Lipinski definition) is 2. The van der Waals surface area contributed by atoms with Crippen LogP contribution in [0.15, 0.2) is 48.5 Å². The van der Waals surface area contributed by atoms with Gasteiger partial charge in [-0.3, -0.25) is 19.3 Å². The third-order valence-corrected chi connectivity index (χ3v) is 4.24. The Morgan fingerprint density at radius 1 is 1.08 bits per heavy atom. The molecule has 0 saturated heterocycles. The molecule has 26 heavy (non-hydrogen) atoms. The summed E-state index contributed by atoms with van der Waals surface area (Å²) in [4.78, 5) is 38.2. The number of aliphatic hydroxyl groups excluding tert-OH is 1. The molecule has 2 aromatic rings. The number of imide groups is 1. The molecule has 2 aromatic carbocycles. The highest BCUT2D eigenvalue weighted by Gasteiger charge is 2.42. The first-order valence-electron chi connectivity index (χ1n) is 8.05. The number of carbonyl (C=O) groups is 3. The molecule has 3 rings (SSSR count). The number of methoxy groups -OCH3 is 1. The van der Waals surface area contributed by atoms with E-state index in [1.54, 1.807) is 43.5 Å². The maximum Gasteiger partial charge on any atom is 0.262 e. The van der Waals surface area contributed by atoms with E-state index in [-0.39, 0.29) is 17.7 Å². The topological polar surface area (TPSA) is 95.9 Å². The number of benzene rings is 2. The second-order valence-electron chi connectivity index (χ2n) is 5.79. The van der Waals surface area contributed by atoms with Crippen LogP contribution in [-0.2, 0) is 11.3 Å². The molecule has 0 aliphatic carbocycles. The quantitative estimate of drug-likeness (QED) is 0.754. The van der Waals surface area contributed by atoms with E-state index in [4.69, 9.17) is 4.74 Å². The van der Waals surface area contributed by atoms with Crippen molar-refractivity contribution >= 4 is 17.7 Å². The molecule has 134 valence electrons. The molecular formula is C19H18N2O5. The summed E-state index contributed by atoms with van der Waals surface area (Å²) in [7, 11) is 1.56. The highest BCUT2D eigenvalue weighted by molar-refractivity contribution is 6.22. The normalized spacial score (nSPS) is 14.2. The first-order chi connectivity index (χ1) is 12.6. The van der Waals surface area contributed by atoms with Gasteiger partial charge in [-0.05, 0) is 29.8 Å². The molecule has 0 radical (unpaired) electrons. The fourth-order valence-corrected chi connectivity index (χ4v) is 2.82. The lowest BCUT2D eigenvalue weighted by atomic mass is 10.1. The summed E-state index contributed by atoms with van der Waals surface area (Å²) >= 11 is 0. The minimum absolute atomic E-state index is 0.197. The zero-order valence-corrected chi connectivity index (χ0v) is 14.1. The lowest BCUT2D eigenvalue weighted by Gasteiger charge is -2.23. The first kappa shape index (κ1) is 17.6. The maximum atomic E-state index is 12.5. The molecule has 2 N–H and O–H groups in total. The second-order valence-corrected chi connectivity index (χ2v) is 5.79. The van der Waals surface area contributed by atoms with Crippen LogP contribution in [0.3, 0.4) is 0 Å². The van der Waals surface area contributed by atoms with Crippen LogP contribution < -0.4 is 10.1 Å². The van der Waals surface area contributed by atoms with E-state index in [0.29, 0.717) is 5.75 Å². The van der Waals surface area contributed by atoms with Gasteiger partial charge in [-0.1, -0.05) is 24.3 Å². The van der Waals surface area contributed by atoms with Gasteiger partial charge < -0.3 is 15.2 Å². The standard InChI is InChI=1S/C19H18N2O5/c1-26-13-8-6-12(7-9-13)10-20-17(23)16(11-22)21-18(24)14-4-2-3-5-15(14)19(21)25/h2-9,16,22H,10-11H2,1H3,(H,20,23)/t16-/m0/s1. The third kappa shape index (κ3) is 3.16. The van der Waals surface area contributed by atoms with Crippen molar-refractivity contribution in [2.45, 2.75) is 12.6 Å². The van der Waals surface area contributed by atoms with E-state index in [2.05, 4.69) is 5.32 Å². The average Bonchev–Trinajstić information content (AvgIpc) is 2.93. The van der Waals surface area contributed by atoms with Gasteiger partial charge in [-0.25, -0.2) is 0 Å². The predicted molar refractivity (Wildman–Crippen MR) is 92.7 cm³/mol. The zero-order valence-electron chi connectivity index (χ0n) is 14.1. The van der Waals surface area contributed by atoms with Crippen LogP contribution in [-0.4, -0.2) is 47.5 Å². The number of carbonyl (C=O) groups excluding carboxylic acids is 3. The number of fused-ring (bicyclic) bond motifs is 1. The second kappa shape index (κ2) is 7.37. The zero-order chi connectivity index (χ0) is 18.7. The summed E-state index contributed by atoms with van der Waals surface area (Å²) in [6, 6.07) is 12.2. The fraction of sp³-hybridized carbons (Fsp3) is 0.211. The molecule has 1 aliphatic rings. The smallest absolute Gasteiger partial charge is 0.262 e. The van der Waals surface area contributed by atoms with E-state index >= 15 is 0 Å². The molecule has 0 saturated carbocycles. The highest BCUT2D eigenvalue weighted by atomic mass is 16.5. The molecule has 1 atom stereocenters. The van der Waals surface area contributed by atoms with Gasteiger partial charge in [0.15, 0.2) is 0 Å². The van der Waals surface area contributed by atoms with Crippen LogP contribution in [0, 0.1) is 0 Å². The Hall–Kier alpha value is -3.19. The Balaban J connectivity index is 1.71. The molecule has 3 amide bonds. The van der Waals surface area contributed by atoms with Gasteiger partial charge in [0.2, 0.25) is 5.91 Å². The van der Waals surface area contributed by atoms with Gasteiger partial charge in [0.25, 0.3) is 11.8 Å². The van der Waals surface area contributed by atoms with Gasteiger partial charge in [-0.15, -0.1) is 0 Å². The molecular weight excluding hydrogens is 336 g/mol. The van der Waals surface area contributed by atoms with E-state index in [9.17, 15) is 19.5 Å². The SMILES string of the molecule is COc1ccc(CNC(=O)[C@H](CO)N2C(=O)c3ccccc3C2=O)cc1. The number of amides is 3. The summed E-state index contributed by atoms with van der Waals surface area (Å²) in [6.45, 7) is -0.456. The summed E-state index contributed by atoms with van der Waals surface area (Å²) in [5, 5.41) is 12.3. The predicted octanol–water partition coefficient (Wildman–Crippen LogP) is 0.968. The van der Waals surface area contributed by atoms with Gasteiger partial charge in [0, 0.05) is 6.54 Å². The third-order valence-electron chi connectivity index (χ3n) is 4.24. The minimum atomic E-state index is -1.28. The maximum absolute atomic E-state index is 12.5. The van der Waals surface area contributed by atoms with Crippen molar-refractivity contribution in [2.24, 2.45) is 0 Å². The Labute approximate surface area is 150 Å². The van der Waals surface area contributed by atoms with Crippen molar-refractivity contribution in [1.29, 1.82) is 0 Å². The summed E-state index contributed by atoms with van der Waals surface area (Å²) in [5.41, 5.74) is 1.29. The molecule has 0 spiro atoms. The number of nitrogens with zero attached hydrogens (tertiary/aromatic N) is 1. The average molecular weight is 354 g/mol. The summed E-state index contributed by atoms with van der Waals surface area (Å²) in [5.74, 6) is -1.06. The Morgan fingerprint density at radius 3 is 2.15 bits per heavy atom. The number of ether oxygens (including phenoxy) is 1. The summed E-state index contributed by atoms with van der Waals surface area (Å²) < 4.78 is 5.07. The highest BCUT2D eigenvalue weighted by Crippen LogP contribution is 2.24. The van der Waals surface area contributed by atoms with Crippen LogP contribution in [0.5, 0.6) is 5.75 Å². The summed E-state index contributed by atoms with van der Waals surface area (Å²) in [6.07, 6.45) is 0. The Morgan fingerprint density at radius 2 is 1.65 bits per heavy atom. The molecule has 7 nitrogen and oxygen atoms in total. The van der Waals surface area contributed by atoms with Crippen molar-refractivity contribution in [2.75, 3.05) is 13.7 Å². The minimum Gasteiger partial charge on any atom is -0.497 e. The van der Waals surface area contributed by atoms with E-state index < -0.39 is 30.4 Å². The van der Waals surface area contributed by atoms with Crippen molar-refractivity contribution in [3.63, 3.8) is 0 Å². The lowest BCUT2D eigenvalue weighted by molar-refractivity contribution is -0.126. The van der Waals surface area contributed by atoms with Crippen molar-refractivity contribution < 1.29 is 24.2 Å². The van der Waals surface area contributed by atoms with Crippen LogP contribution in [0.1, 0.15) is 26.3 Å². The fourth-order valence-electron chi connectivity index (χ4n) is 2.82. The van der Waals surface area contributed by atoms with Gasteiger partial charge in [-0.2, -0.15) is 0 Å². The van der Waals surface area contributed by atoms with Gasteiger partial charge in [0.1, 0.15) is 11.8 Å².